The summed E-state index contributed by atoms with van der Waals surface area (Å²) in [5.41, 5.74) is 4.59. The van der Waals surface area contributed by atoms with E-state index in [1.54, 1.807) is 0 Å². The molecular formula is C18H23N7. The van der Waals surface area contributed by atoms with Crippen molar-refractivity contribution < 1.29 is 0 Å². The van der Waals surface area contributed by atoms with Crippen LogP contribution in [0.4, 0.5) is 5.95 Å². The lowest BCUT2D eigenvalue weighted by molar-refractivity contribution is 0.680. The molecule has 130 valence electrons. The topological polar surface area (TPSA) is 64.1 Å². The van der Waals surface area contributed by atoms with Crippen LogP contribution in [0, 0.1) is 0 Å². The fraction of sp³-hybridized carbons (Fsp3) is 0.556. The molecule has 0 bridgehead atoms. The van der Waals surface area contributed by atoms with Gasteiger partial charge < -0.3 is 4.90 Å². The Morgan fingerprint density at radius 2 is 1.84 bits per heavy atom. The lowest BCUT2D eigenvalue weighted by atomic mass is 10.2. The monoisotopic (exact) mass is 337 g/mol. The summed E-state index contributed by atoms with van der Waals surface area (Å²) in [5.74, 6) is 1.91. The molecule has 5 rings (SSSR count). The van der Waals surface area contributed by atoms with Crippen molar-refractivity contribution in [3.8, 4) is 0 Å². The summed E-state index contributed by atoms with van der Waals surface area (Å²) in [6, 6.07) is 4.18. The quantitative estimate of drug-likeness (QED) is 0.725. The molecule has 3 aromatic heterocycles. The van der Waals surface area contributed by atoms with Gasteiger partial charge in [0, 0.05) is 26.6 Å². The number of aryl methyl sites for hydroxylation is 5. The predicted octanol–water partition coefficient (Wildman–Crippen LogP) is 1.73. The van der Waals surface area contributed by atoms with Crippen molar-refractivity contribution in [2.45, 2.75) is 44.9 Å². The molecule has 7 nitrogen and oxygen atoms in total. The molecule has 0 radical (unpaired) electrons. The van der Waals surface area contributed by atoms with E-state index in [1.165, 1.54) is 30.7 Å². The molecule has 4 heterocycles. The number of hydrogen-bond donors (Lipinski definition) is 0. The molecule has 0 atom stereocenters. The fourth-order valence-electron chi connectivity index (χ4n) is 3.98. The maximum Gasteiger partial charge on any atom is 0.244 e. The Morgan fingerprint density at radius 3 is 2.72 bits per heavy atom. The maximum absolute atomic E-state index is 4.82. The van der Waals surface area contributed by atoms with E-state index < -0.39 is 0 Å². The summed E-state index contributed by atoms with van der Waals surface area (Å²) >= 11 is 0. The lowest BCUT2D eigenvalue weighted by Crippen LogP contribution is -2.19. The van der Waals surface area contributed by atoms with Crippen molar-refractivity contribution in [2.24, 2.45) is 7.05 Å². The summed E-state index contributed by atoms with van der Waals surface area (Å²) in [4.78, 5) is 11.7. The Bertz CT molecular complexity index is 917. The highest BCUT2D eigenvalue weighted by Gasteiger charge is 2.20. The van der Waals surface area contributed by atoms with Crippen LogP contribution >= 0.6 is 0 Å². The molecule has 0 amide bonds. The van der Waals surface area contributed by atoms with Gasteiger partial charge in [0.1, 0.15) is 5.82 Å². The third kappa shape index (κ3) is 2.58. The number of imidazole rings is 1. The van der Waals surface area contributed by atoms with E-state index >= 15 is 0 Å². The van der Waals surface area contributed by atoms with Crippen LogP contribution in [0.2, 0.25) is 0 Å². The van der Waals surface area contributed by atoms with Crippen LogP contribution in [0.1, 0.15) is 42.2 Å². The van der Waals surface area contributed by atoms with E-state index in [1.807, 2.05) is 16.2 Å². The summed E-state index contributed by atoms with van der Waals surface area (Å²) in [7, 11) is 1.99. The van der Waals surface area contributed by atoms with Crippen LogP contribution in [-0.4, -0.2) is 42.5 Å². The first-order chi connectivity index (χ1) is 12.3. The second-order valence-electron chi connectivity index (χ2n) is 7.10. The molecule has 1 saturated heterocycles. The minimum absolute atomic E-state index is 0.854. The van der Waals surface area contributed by atoms with E-state index in [-0.39, 0.29) is 0 Å². The van der Waals surface area contributed by atoms with Gasteiger partial charge >= 0.3 is 0 Å². The van der Waals surface area contributed by atoms with Crippen LogP contribution < -0.4 is 4.90 Å². The van der Waals surface area contributed by atoms with Crippen molar-refractivity contribution in [1.29, 1.82) is 0 Å². The van der Waals surface area contributed by atoms with Gasteiger partial charge in [-0.1, -0.05) is 0 Å². The summed E-state index contributed by atoms with van der Waals surface area (Å²) < 4.78 is 3.96. The van der Waals surface area contributed by atoms with Crippen molar-refractivity contribution in [2.75, 3.05) is 18.0 Å². The van der Waals surface area contributed by atoms with Gasteiger partial charge in [0.2, 0.25) is 5.95 Å². The molecule has 3 aromatic rings. The minimum Gasteiger partial charge on any atom is -0.340 e. The van der Waals surface area contributed by atoms with E-state index in [4.69, 9.17) is 10.1 Å². The largest absolute Gasteiger partial charge is 0.340 e. The Balaban J connectivity index is 1.35. The zero-order valence-electron chi connectivity index (χ0n) is 14.6. The Labute approximate surface area is 146 Å². The van der Waals surface area contributed by atoms with Crippen LogP contribution in [-0.2, 0) is 32.7 Å². The smallest absolute Gasteiger partial charge is 0.244 e. The highest BCUT2D eigenvalue weighted by atomic mass is 15.4. The van der Waals surface area contributed by atoms with E-state index in [2.05, 4.69) is 27.1 Å². The van der Waals surface area contributed by atoms with E-state index in [9.17, 15) is 0 Å². The van der Waals surface area contributed by atoms with Crippen molar-refractivity contribution in [3.63, 3.8) is 0 Å². The molecule has 0 saturated carbocycles. The number of aromatic nitrogens is 6. The average molecular weight is 337 g/mol. The maximum atomic E-state index is 4.82. The third-order valence-corrected chi connectivity index (χ3v) is 5.37. The second-order valence-corrected chi connectivity index (χ2v) is 7.10. The molecule has 0 N–H and O–H groups in total. The van der Waals surface area contributed by atoms with Gasteiger partial charge in [0.15, 0.2) is 5.65 Å². The van der Waals surface area contributed by atoms with Crippen molar-refractivity contribution in [1.82, 2.24) is 29.4 Å². The van der Waals surface area contributed by atoms with E-state index in [0.29, 0.717) is 0 Å². The van der Waals surface area contributed by atoms with Crippen LogP contribution in [0.25, 0.3) is 5.65 Å². The predicted molar refractivity (Wildman–Crippen MR) is 94.9 cm³/mol. The number of anilines is 1. The zero-order chi connectivity index (χ0) is 16.8. The molecule has 2 aliphatic rings. The molecule has 1 aliphatic heterocycles. The second kappa shape index (κ2) is 5.82. The Hall–Kier alpha value is -2.44. The first-order valence-corrected chi connectivity index (χ1v) is 9.29. The lowest BCUT2D eigenvalue weighted by Gasteiger charge is -2.10. The highest BCUT2D eigenvalue weighted by Crippen LogP contribution is 2.22. The van der Waals surface area contributed by atoms with Crippen molar-refractivity contribution >= 4 is 11.6 Å². The SMILES string of the molecule is Cn1nc(N2CCCC2)nc1CCc1ccc2nc3c(n2n1)CCC3. The molecule has 7 heteroatoms. The van der Waals surface area contributed by atoms with Crippen LogP contribution in [0.5, 0.6) is 0 Å². The number of nitrogens with zero attached hydrogens (tertiary/aromatic N) is 7. The highest BCUT2D eigenvalue weighted by molar-refractivity contribution is 5.43. The van der Waals surface area contributed by atoms with Gasteiger partial charge in [-0.05, 0) is 50.7 Å². The minimum atomic E-state index is 0.854. The van der Waals surface area contributed by atoms with Gasteiger partial charge in [-0.3, -0.25) is 4.68 Å². The molecule has 1 aliphatic carbocycles. The molecule has 0 aromatic carbocycles. The zero-order valence-corrected chi connectivity index (χ0v) is 14.6. The van der Waals surface area contributed by atoms with Gasteiger partial charge in [0.25, 0.3) is 0 Å². The Morgan fingerprint density at radius 1 is 0.960 bits per heavy atom. The first kappa shape index (κ1) is 14.9. The van der Waals surface area contributed by atoms with Crippen LogP contribution in [0.3, 0.4) is 0 Å². The first-order valence-electron chi connectivity index (χ1n) is 9.29. The molecule has 1 fully saturated rings. The van der Waals surface area contributed by atoms with Gasteiger partial charge in [-0.2, -0.15) is 10.1 Å². The normalized spacial score (nSPS) is 16.9. The number of fused-ring (bicyclic) bond motifs is 3. The molecule has 0 unspecified atom stereocenters. The van der Waals surface area contributed by atoms with Crippen molar-refractivity contribution in [3.05, 3.63) is 35.0 Å². The number of hydrogen-bond acceptors (Lipinski definition) is 5. The van der Waals surface area contributed by atoms with Gasteiger partial charge in [0.05, 0.1) is 17.1 Å². The van der Waals surface area contributed by atoms with Gasteiger partial charge in [-0.15, -0.1) is 5.10 Å². The molecular weight excluding hydrogens is 314 g/mol. The average Bonchev–Trinajstić information content (AvgIpc) is 3.37. The van der Waals surface area contributed by atoms with Gasteiger partial charge in [-0.25, -0.2) is 9.50 Å². The number of rotatable bonds is 4. The summed E-state index contributed by atoms with van der Waals surface area (Å²) in [6.07, 6.45) is 7.59. The molecule has 0 spiro atoms. The standard InChI is InChI=1S/C18H23N7/c1-23-16(20-18(22-23)24-11-2-3-12-24)9-7-13-8-10-17-19-14-5-4-6-15(14)25(17)21-13/h8,10H,2-7,9,11-12H2,1H3. The summed E-state index contributed by atoms with van der Waals surface area (Å²) in [5, 5.41) is 9.41. The fourth-order valence-corrected chi connectivity index (χ4v) is 3.98. The Kier molecular flexibility index (Phi) is 3.46. The summed E-state index contributed by atoms with van der Waals surface area (Å²) in [6.45, 7) is 2.15. The molecule has 25 heavy (non-hydrogen) atoms. The van der Waals surface area contributed by atoms with Crippen LogP contribution in [0.15, 0.2) is 12.1 Å². The third-order valence-electron chi connectivity index (χ3n) is 5.37. The van der Waals surface area contributed by atoms with E-state index in [0.717, 1.165) is 61.9 Å².